The van der Waals surface area contributed by atoms with Crippen molar-refractivity contribution in [2.45, 2.75) is 71.8 Å². The molecule has 2 aliphatic rings. The van der Waals surface area contributed by atoms with E-state index in [4.69, 9.17) is 9.47 Å². The second kappa shape index (κ2) is 11.1. The number of nitrogens with one attached hydrogen (secondary N) is 1. The van der Waals surface area contributed by atoms with E-state index in [-0.39, 0.29) is 24.3 Å². The molecule has 1 aromatic rings. The number of hydrogen-bond donors (Lipinski definition) is 1. The van der Waals surface area contributed by atoms with Crippen molar-refractivity contribution in [2.24, 2.45) is 5.92 Å². The number of carbonyl (C=O) groups is 1. The molecular weight excluding hydrogens is 378 g/mol. The van der Waals surface area contributed by atoms with E-state index in [0.717, 1.165) is 69.8 Å². The topological polar surface area (TPSA) is 54.0 Å². The summed E-state index contributed by atoms with van der Waals surface area (Å²) >= 11 is 0. The van der Waals surface area contributed by atoms with Crippen LogP contribution in [0.1, 0.15) is 52.5 Å². The lowest BCUT2D eigenvalue weighted by atomic mass is 10.1. The van der Waals surface area contributed by atoms with Crippen LogP contribution in [0.4, 0.5) is 10.5 Å². The molecule has 2 fully saturated rings. The summed E-state index contributed by atoms with van der Waals surface area (Å²) in [6, 6.07) is 8.13. The molecule has 0 aliphatic carbocycles. The fourth-order valence-electron chi connectivity index (χ4n) is 4.32. The minimum absolute atomic E-state index is 0.00760. The molecule has 0 aromatic heterocycles. The third kappa shape index (κ3) is 6.96. The van der Waals surface area contributed by atoms with Crippen molar-refractivity contribution in [3.63, 3.8) is 0 Å². The lowest BCUT2D eigenvalue weighted by molar-refractivity contribution is -0.0704. The molecule has 2 saturated heterocycles. The van der Waals surface area contributed by atoms with Crippen LogP contribution in [0.2, 0.25) is 0 Å². The maximum atomic E-state index is 12.9. The minimum Gasteiger partial charge on any atom is -0.378 e. The van der Waals surface area contributed by atoms with Crippen molar-refractivity contribution in [3.8, 4) is 0 Å². The minimum atomic E-state index is -0.00760. The van der Waals surface area contributed by atoms with Gasteiger partial charge in [-0.2, -0.15) is 0 Å². The number of piperidine rings is 1. The average molecular weight is 418 g/mol. The van der Waals surface area contributed by atoms with Gasteiger partial charge in [-0.1, -0.05) is 32.0 Å². The van der Waals surface area contributed by atoms with Gasteiger partial charge in [0.15, 0.2) is 0 Å². The summed E-state index contributed by atoms with van der Waals surface area (Å²) in [5, 5.41) is 3.15. The Balaban J connectivity index is 1.50. The van der Waals surface area contributed by atoms with Crippen LogP contribution in [0.25, 0.3) is 0 Å². The molecule has 2 unspecified atom stereocenters. The van der Waals surface area contributed by atoms with Gasteiger partial charge in [0.25, 0.3) is 0 Å². The second-order valence-electron chi connectivity index (χ2n) is 9.28. The molecule has 0 radical (unpaired) electrons. The monoisotopic (exact) mass is 417 g/mol. The molecule has 2 amide bonds. The van der Waals surface area contributed by atoms with E-state index in [1.165, 1.54) is 0 Å². The summed E-state index contributed by atoms with van der Waals surface area (Å²) in [4.78, 5) is 17.2. The number of nitrogens with zero attached hydrogens (tertiary/aromatic N) is 2. The third-order valence-electron chi connectivity index (χ3n) is 5.93. The number of anilines is 1. The van der Waals surface area contributed by atoms with Gasteiger partial charge in [0.2, 0.25) is 0 Å². The van der Waals surface area contributed by atoms with Crippen molar-refractivity contribution >= 4 is 11.7 Å². The maximum absolute atomic E-state index is 12.9. The molecule has 2 aliphatic heterocycles. The van der Waals surface area contributed by atoms with Gasteiger partial charge in [0.1, 0.15) is 0 Å². The zero-order chi connectivity index (χ0) is 21.5. The molecule has 1 N–H and O–H groups in total. The molecule has 2 heterocycles. The van der Waals surface area contributed by atoms with Gasteiger partial charge < -0.3 is 19.7 Å². The van der Waals surface area contributed by atoms with Gasteiger partial charge in [-0.25, -0.2) is 4.79 Å². The van der Waals surface area contributed by atoms with E-state index in [1.807, 2.05) is 23.1 Å². The summed E-state index contributed by atoms with van der Waals surface area (Å²) < 4.78 is 11.8. The molecule has 3 rings (SSSR count). The van der Waals surface area contributed by atoms with Crippen LogP contribution in [0.15, 0.2) is 24.3 Å². The van der Waals surface area contributed by atoms with E-state index in [0.29, 0.717) is 5.92 Å². The summed E-state index contributed by atoms with van der Waals surface area (Å²) in [6.07, 6.45) is 3.68. The van der Waals surface area contributed by atoms with E-state index in [9.17, 15) is 4.79 Å². The zero-order valence-electron chi connectivity index (χ0n) is 19.1. The quantitative estimate of drug-likeness (QED) is 0.716. The Kier molecular flexibility index (Phi) is 8.54. The predicted molar refractivity (Wildman–Crippen MR) is 121 cm³/mol. The second-order valence-corrected chi connectivity index (χ2v) is 9.28. The Labute approximate surface area is 181 Å². The summed E-state index contributed by atoms with van der Waals surface area (Å²) in [7, 11) is 0. The van der Waals surface area contributed by atoms with E-state index < -0.39 is 0 Å². The van der Waals surface area contributed by atoms with Crippen LogP contribution in [0.5, 0.6) is 0 Å². The Morgan fingerprint density at radius 3 is 2.50 bits per heavy atom. The average Bonchev–Trinajstić information content (AvgIpc) is 2.69. The lowest BCUT2D eigenvalue weighted by Gasteiger charge is -2.36. The highest BCUT2D eigenvalue weighted by Gasteiger charge is 2.25. The van der Waals surface area contributed by atoms with Crippen LogP contribution in [-0.4, -0.2) is 66.9 Å². The van der Waals surface area contributed by atoms with E-state index in [2.05, 4.69) is 44.0 Å². The molecule has 30 heavy (non-hydrogen) atoms. The highest BCUT2D eigenvalue weighted by molar-refractivity contribution is 5.90. The molecular formula is C24H39N3O3. The highest BCUT2D eigenvalue weighted by atomic mass is 16.5. The van der Waals surface area contributed by atoms with Crippen LogP contribution in [0.3, 0.4) is 0 Å². The van der Waals surface area contributed by atoms with Gasteiger partial charge in [-0.05, 0) is 50.7 Å². The standard InChI is InChI=1S/C24H39N3O3/c1-18(2)11-14-29-22-9-12-27(13-10-22)24(28)25-23-8-6-5-7-21(23)17-26-15-19(3)30-20(4)16-26/h5-8,18-20,22H,9-17H2,1-4H3,(H,25,28). The Bertz CT molecular complexity index is 663. The Morgan fingerprint density at radius 1 is 1.17 bits per heavy atom. The van der Waals surface area contributed by atoms with Gasteiger partial charge in [-0.15, -0.1) is 0 Å². The van der Waals surface area contributed by atoms with E-state index >= 15 is 0 Å². The van der Waals surface area contributed by atoms with Crippen LogP contribution in [0, 0.1) is 5.92 Å². The number of benzene rings is 1. The molecule has 0 saturated carbocycles. The molecule has 0 bridgehead atoms. The smallest absolute Gasteiger partial charge is 0.321 e. The molecule has 0 spiro atoms. The third-order valence-corrected chi connectivity index (χ3v) is 5.93. The summed E-state index contributed by atoms with van der Waals surface area (Å²) in [5.41, 5.74) is 2.06. The van der Waals surface area contributed by atoms with Crippen molar-refractivity contribution in [1.82, 2.24) is 9.80 Å². The van der Waals surface area contributed by atoms with Gasteiger partial charge in [0.05, 0.1) is 18.3 Å². The van der Waals surface area contributed by atoms with Gasteiger partial charge in [-0.3, -0.25) is 4.90 Å². The number of likely N-dealkylation sites (tertiary alicyclic amines) is 1. The van der Waals surface area contributed by atoms with Crippen LogP contribution < -0.4 is 5.32 Å². The normalized spacial score (nSPS) is 23.7. The first-order chi connectivity index (χ1) is 14.4. The van der Waals surface area contributed by atoms with Crippen molar-refractivity contribution in [2.75, 3.05) is 38.1 Å². The fourth-order valence-corrected chi connectivity index (χ4v) is 4.32. The van der Waals surface area contributed by atoms with Crippen molar-refractivity contribution in [1.29, 1.82) is 0 Å². The SMILES string of the molecule is CC(C)CCOC1CCN(C(=O)Nc2ccccc2CN2CC(C)OC(C)C2)CC1. The van der Waals surface area contributed by atoms with Crippen LogP contribution in [-0.2, 0) is 16.0 Å². The lowest BCUT2D eigenvalue weighted by Crippen LogP contribution is -2.45. The van der Waals surface area contributed by atoms with Crippen molar-refractivity contribution in [3.05, 3.63) is 29.8 Å². The van der Waals surface area contributed by atoms with Gasteiger partial charge in [0, 0.05) is 45.0 Å². The Hall–Kier alpha value is -1.63. The number of urea groups is 1. The number of morpholine rings is 1. The largest absolute Gasteiger partial charge is 0.378 e. The Morgan fingerprint density at radius 2 is 1.83 bits per heavy atom. The molecule has 6 nitrogen and oxygen atoms in total. The molecule has 6 heteroatoms. The number of carbonyl (C=O) groups excluding carboxylic acids is 1. The van der Waals surface area contributed by atoms with E-state index in [1.54, 1.807) is 0 Å². The first-order valence-corrected chi connectivity index (χ1v) is 11.5. The zero-order valence-corrected chi connectivity index (χ0v) is 19.1. The molecule has 1 aromatic carbocycles. The molecule has 168 valence electrons. The number of ether oxygens (including phenoxy) is 2. The number of amides is 2. The molecule has 2 atom stereocenters. The summed E-state index contributed by atoms with van der Waals surface area (Å²) in [5.74, 6) is 0.667. The van der Waals surface area contributed by atoms with Gasteiger partial charge >= 0.3 is 6.03 Å². The number of para-hydroxylation sites is 1. The highest BCUT2D eigenvalue weighted by Crippen LogP contribution is 2.22. The van der Waals surface area contributed by atoms with Crippen LogP contribution >= 0.6 is 0 Å². The first-order valence-electron chi connectivity index (χ1n) is 11.5. The number of hydrogen-bond acceptors (Lipinski definition) is 4. The predicted octanol–water partition coefficient (Wildman–Crippen LogP) is 4.35. The summed E-state index contributed by atoms with van der Waals surface area (Å²) in [6.45, 7) is 13.6. The maximum Gasteiger partial charge on any atom is 0.321 e. The number of rotatable bonds is 7. The van der Waals surface area contributed by atoms with Crippen molar-refractivity contribution < 1.29 is 14.3 Å². The fraction of sp³-hybridized carbons (Fsp3) is 0.708. The first kappa shape index (κ1) is 23.0.